The number of nitrogen functional groups attached to an aromatic ring is 1. The third kappa shape index (κ3) is 4.13. The Labute approximate surface area is 240 Å². The number of piperidine rings is 1. The van der Waals surface area contributed by atoms with Gasteiger partial charge in [0, 0.05) is 40.9 Å². The maximum Gasteiger partial charge on any atom is 0.294 e. The molecule has 4 aromatic heterocycles. The predicted molar refractivity (Wildman–Crippen MR) is 152 cm³/mol. The summed E-state index contributed by atoms with van der Waals surface area (Å²) in [7, 11) is 0. The average Bonchev–Trinajstić information content (AvgIpc) is 3.68. The summed E-state index contributed by atoms with van der Waals surface area (Å²) in [6.07, 6.45) is 6.33. The van der Waals surface area contributed by atoms with Crippen LogP contribution in [0.5, 0.6) is 0 Å². The number of nitrogens with one attached hydrogen (secondary N) is 1. The number of anilines is 1. The number of ketones is 1. The van der Waals surface area contributed by atoms with Crippen molar-refractivity contribution in [2.24, 2.45) is 0 Å². The molecular weight excluding hydrogens is 537 g/mol. The molecule has 2 bridgehead atoms. The Hall–Kier alpha value is -5.00. The maximum absolute atomic E-state index is 14.3. The number of carbonyl (C=O) groups excluding carboxylic acids is 2. The summed E-state index contributed by atoms with van der Waals surface area (Å²) < 4.78 is 15.8. The molecular formula is C30H28FN9O2. The second-order valence-corrected chi connectivity index (χ2v) is 11.0. The lowest BCUT2D eigenvalue weighted by atomic mass is 9.85. The predicted octanol–water partition coefficient (Wildman–Crippen LogP) is 4.36. The molecule has 5 aromatic rings. The fourth-order valence-electron chi connectivity index (χ4n) is 6.56. The van der Waals surface area contributed by atoms with Crippen molar-refractivity contribution in [2.75, 3.05) is 5.73 Å². The average molecular weight is 566 g/mol. The summed E-state index contributed by atoms with van der Waals surface area (Å²) in [6, 6.07) is 10.1. The van der Waals surface area contributed by atoms with Crippen LogP contribution in [0.15, 0.2) is 48.8 Å². The molecule has 0 radical (unpaired) electrons. The minimum Gasteiger partial charge on any atom is -0.383 e. The van der Waals surface area contributed by atoms with Crippen LogP contribution in [0.25, 0.3) is 28.0 Å². The zero-order valence-electron chi connectivity index (χ0n) is 23.1. The fourth-order valence-corrected chi connectivity index (χ4v) is 6.56. The van der Waals surface area contributed by atoms with Gasteiger partial charge in [-0.15, -0.1) is 5.10 Å². The second kappa shape index (κ2) is 9.82. The van der Waals surface area contributed by atoms with Crippen molar-refractivity contribution >= 4 is 23.2 Å². The lowest BCUT2D eigenvalue weighted by molar-refractivity contribution is 0.0556. The van der Waals surface area contributed by atoms with Crippen molar-refractivity contribution in [3.8, 4) is 22.4 Å². The van der Waals surface area contributed by atoms with E-state index in [4.69, 9.17) is 10.7 Å². The number of rotatable bonds is 5. The highest BCUT2D eigenvalue weighted by atomic mass is 19.1. The van der Waals surface area contributed by atoms with Gasteiger partial charge in [-0.3, -0.25) is 19.7 Å². The van der Waals surface area contributed by atoms with Gasteiger partial charge in [-0.2, -0.15) is 9.61 Å². The number of nitrogens with two attached hydrogens (primary N) is 1. The van der Waals surface area contributed by atoms with Gasteiger partial charge in [-0.25, -0.2) is 14.4 Å². The highest BCUT2D eigenvalue weighted by molar-refractivity contribution is 6.00. The molecule has 212 valence electrons. The number of amides is 1. The first-order chi connectivity index (χ1) is 20.3. The van der Waals surface area contributed by atoms with Crippen LogP contribution >= 0.6 is 0 Å². The molecule has 42 heavy (non-hydrogen) atoms. The number of H-pyrrole nitrogens is 1. The van der Waals surface area contributed by atoms with Gasteiger partial charge in [0.15, 0.2) is 11.4 Å². The van der Waals surface area contributed by atoms with E-state index in [9.17, 15) is 14.0 Å². The van der Waals surface area contributed by atoms with Crippen LogP contribution in [-0.2, 0) is 0 Å². The van der Waals surface area contributed by atoms with Gasteiger partial charge in [-0.05, 0) is 57.7 Å². The SMILES string of the molecule is CC(=O)c1c(C2C[C@H]3CC[C@@H](C2)N3C(=O)c2n[nH]c(C)n2)nc2c(-c3ccc(-c4ccccc4F)nc3)cnn2c1N. The third-order valence-corrected chi connectivity index (χ3v) is 8.43. The molecule has 6 heterocycles. The van der Waals surface area contributed by atoms with Crippen molar-refractivity contribution in [2.45, 2.75) is 57.5 Å². The van der Waals surface area contributed by atoms with Gasteiger partial charge in [0.1, 0.15) is 17.5 Å². The molecule has 0 aliphatic carbocycles. The van der Waals surface area contributed by atoms with Crippen LogP contribution < -0.4 is 5.73 Å². The summed E-state index contributed by atoms with van der Waals surface area (Å²) >= 11 is 0. The molecule has 2 aliphatic rings. The molecule has 7 rings (SSSR count). The normalized spacial score (nSPS) is 19.9. The standard InChI is InChI=1S/C30H28FN9O2/c1-15(41)25-26(18-11-19-8-9-20(12-18)39(19)30(42)28-35-16(2)37-38-28)36-29-22(14-34-40(29)27(25)32)17-7-10-24(33-13-17)21-5-3-4-6-23(21)31/h3-7,10,13-14,18-20H,8-9,11-12,32H2,1-2H3,(H,35,37,38)/t18?,19-,20+. The number of hydrogen-bond acceptors (Lipinski definition) is 8. The molecule has 1 amide bonds. The Morgan fingerprint density at radius 3 is 2.43 bits per heavy atom. The van der Waals surface area contributed by atoms with Crippen LogP contribution in [0.2, 0.25) is 0 Å². The van der Waals surface area contributed by atoms with Gasteiger partial charge in [-0.1, -0.05) is 18.2 Å². The van der Waals surface area contributed by atoms with Crippen molar-refractivity contribution in [1.29, 1.82) is 0 Å². The van der Waals surface area contributed by atoms with Crippen LogP contribution in [0.4, 0.5) is 10.2 Å². The van der Waals surface area contributed by atoms with Crippen molar-refractivity contribution < 1.29 is 14.0 Å². The minimum absolute atomic E-state index is 0.0152. The Kier molecular flexibility index (Phi) is 6.07. The molecule has 2 fully saturated rings. The molecule has 1 aromatic carbocycles. The topological polar surface area (TPSA) is 148 Å². The van der Waals surface area contributed by atoms with Gasteiger partial charge in [0.05, 0.1) is 23.1 Å². The lowest BCUT2D eigenvalue weighted by Gasteiger charge is -2.38. The molecule has 0 saturated carbocycles. The highest BCUT2D eigenvalue weighted by Crippen LogP contribution is 2.45. The van der Waals surface area contributed by atoms with Crippen LogP contribution in [0.3, 0.4) is 0 Å². The first-order valence-corrected chi connectivity index (χ1v) is 13.9. The molecule has 12 heteroatoms. The van der Waals surface area contributed by atoms with E-state index in [1.165, 1.54) is 17.5 Å². The number of aryl methyl sites for hydroxylation is 1. The zero-order chi connectivity index (χ0) is 29.1. The number of hydrogen-bond donors (Lipinski definition) is 2. The Morgan fingerprint density at radius 1 is 1.02 bits per heavy atom. The van der Waals surface area contributed by atoms with Crippen molar-refractivity contribution in [3.05, 3.63) is 77.5 Å². The van der Waals surface area contributed by atoms with Gasteiger partial charge in [0.2, 0.25) is 5.82 Å². The van der Waals surface area contributed by atoms with Crippen molar-refractivity contribution in [1.82, 2.24) is 39.7 Å². The molecule has 2 aliphatic heterocycles. The highest BCUT2D eigenvalue weighted by Gasteiger charge is 2.46. The van der Waals surface area contributed by atoms with E-state index in [1.807, 2.05) is 11.0 Å². The Morgan fingerprint density at radius 2 is 1.79 bits per heavy atom. The van der Waals surface area contributed by atoms with E-state index in [-0.39, 0.29) is 47.2 Å². The molecule has 1 unspecified atom stereocenters. The molecule has 3 atom stereocenters. The third-order valence-electron chi connectivity index (χ3n) is 8.43. The number of carbonyl (C=O) groups is 2. The first-order valence-electron chi connectivity index (χ1n) is 13.9. The quantitative estimate of drug-likeness (QED) is 0.299. The molecule has 0 spiro atoms. The number of Topliss-reactive ketones (excluding diaryl/α,β-unsaturated/α-hetero) is 1. The van der Waals surface area contributed by atoms with E-state index in [2.05, 4.69) is 25.3 Å². The van der Waals surface area contributed by atoms with Crippen LogP contribution in [0, 0.1) is 12.7 Å². The number of aromatic amines is 1. The van der Waals surface area contributed by atoms with Gasteiger partial charge >= 0.3 is 0 Å². The van der Waals surface area contributed by atoms with Crippen molar-refractivity contribution in [3.63, 3.8) is 0 Å². The van der Waals surface area contributed by atoms with E-state index in [0.717, 1.165) is 18.4 Å². The van der Waals surface area contributed by atoms with Gasteiger partial charge in [0.25, 0.3) is 5.91 Å². The second-order valence-electron chi connectivity index (χ2n) is 11.0. The Balaban J connectivity index is 1.25. The van der Waals surface area contributed by atoms with E-state index in [1.54, 1.807) is 43.6 Å². The largest absolute Gasteiger partial charge is 0.383 e. The number of halogens is 1. The summed E-state index contributed by atoms with van der Waals surface area (Å²) in [5.74, 6) is 0.212. The minimum atomic E-state index is -0.345. The number of benzene rings is 1. The first kappa shape index (κ1) is 25.9. The van der Waals surface area contributed by atoms with E-state index < -0.39 is 0 Å². The number of pyridine rings is 1. The molecule has 2 saturated heterocycles. The monoisotopic (exact) mass is 565 g/mol. The lowest BCUT2D eigenvalue weighted by Crippen LogP contribution is -2.46. The van der Waals surface area contributed by atoms with Crippen LogP contribution in [0.1, 0.15) is 71.0 Å². The van der Waals surface area contributed by atoms with E-state index >= 15 is 0 Å². The van der Waals surface area contributed by atoms with Gasteiger partial charge < -0.3 is 10.6 Å². The summed E-state index contributed by atoms with van der Waals surface area (Å²) in [4.78, 5) is 41.8. The number of nitrogens with zero attached hydrogens (tertiary/aromatic N) is 7. The maximum atomic E-state index is 14.3. The smallest absolute Gasteiger partial charge is 0.294 e. The molecule has 11 nitrogen and oxygen atoms in total. The summed E-state index contributed by atoms with van der Waals surface area (Å²) in [5.41, 5.74) is 10.4. The zero-order valence-corrected chi connectivity index (χ0v) is 23.1. The molecule has 3 N–H and O–H groups in total. The number of fused-ring (bicyclic) bond motifs is 3. The van der Waals surface area contributed by atoms with Crippen LogP contribution in [-0.4, -0.2) is 63.4 Å². The van der Waals surface area contributed by atoms with E-state index in [0.29, 0.717) is 52.4 Å². The Bertz CT molecular complexity index is 1850. The summed E-state index contributed by atoms with van der Waals surface area (Å²) in [5, 5.41) is 11.3. The summed E-state index contributed by atoms with van der Waals surface area (Å²) in [6.45, 7) is 3.25. The fraction of sp³-hybridized carbons (Fsp3) is 0.300. The number of aromatic nitrogens is 7.